The van der Waals surface area contributed by atoms with Crippen molar-refractivity contribution in [1.82, 2.24) is 0 Å². The molecule has 0 amide bonds. The van der Waals surface area contributed by atoms with Crippen molar-refractivity contribution in [2.45, 2.75) is 13.5 Å². The lowest BCUT2D eigenvalue weighted by Gasteiger charge is -2.22. The Morgan fingerprint density at radius 3 is 2.50 bits per heavy atom. The molecule has 2 aromatic rings. The zero-order chi connectivity index (χ0) is 14.4. The quantitative estimate of drug-likeness (QED) is 0.862. The van der Waals surface area contributed by atoms with Crippen LogP contribution in [0.4, 0.5) is 5.69 Å². The Labute approximate surface area is 120 Å². The Morgan fingerprint density at radius 1 is 1.05 bits per heavy atom. The third-order valence-corrected chi connectivity index (χ3v) is 3.25. The Morgan fingerprint density at radius 2 is 1.75 bits per heavy atom. The van der Waals surface area contributed by atoms with Crippen LogP contribution < -0.4 is 4.90 Å². The van der Waals surface area contributed by atoms with Crippen LogP contribution in [0.2, 0.25) is 0 Å². The molecule has 0 saturated heterocycles. The van der Waals surface area contributed by atoms with Gasteiger partial charge >= 0.3 is 0 Å². The topological polar surface area (TPSA) is 23.5 Å². The van der Waals surface area contributed by atoms with Crippen molar-refractivity contribution >= 4 is 5.69 Å². The van der Waals surface area contributed by atoms with Gasteiger partial charge in [0.1, 0.15) is 6.61 Å². The zero-order valence-corrected chi connectivity index (χ0v) is 11.9. The van der Waals surface area contributed by atoms with E-state index in [1.807, 2.05) is 24.3 Å². The summed E-state index contributed by atoms with van der Waals surface area (Å²) in [6, 6.07) is 16.4. The SMILES string of the molecule is Cc1ccccc1N(C)Cc1ccccc1C#CCO. The first-order valence-electron chi connectivity index (χ1n) is 6.67. The second-order valence-corrected chi connectivity index (χ2v) is 4.76. The third-order valence-electron chi connectivity index (χ3n) is 3.25. The molecule has 0 bridgehead atoms. The predicted molar refractivity (Wildman–Crippen MR) is 83.7 cm³/mol. The van der Waals surface area contributed by atoms with Crippen LogP contribution in [0.5, 0.6) is 0 Å². The summed E-state index contributed by atoms with van der Waals surface area (Å²) < 4.78 is 0. The molecule has 0 heterocycles. The molecule has 2 rings (SSSR count). The zero-order valence-electron chi connectivity index (χ0n) is 11.9. The van der Waals surface area contributed by atoms with Gasteiger partial charge in [-0.3, -0.25) is 0 Å². The first-order chi connectivity index (χ1) is 9.72. The Kier molecular flexibility index (Phi) is 4.81. The second kappa shape index (κ2) is 6.79. The van der Waals surface area contributed by atoms with Crippen LogP contribution in [0.25, 0.3) is 0 Å². The fourth-order valence-electron chi connectivity index (χ4n) is 2.25. The molecule has 20 heavy (non-hydrogen) atoms. The minimum absolute atomic E-state index is 0.109. The van der Waals surface area contributed by atoms with E-state index < -0.39 is 0 Å². The van der Waals surface area contributed by atoms with E-state index in [2.05, 4.69) is 55.0 Å². The largest absolute Gasteiger partial charge is 0.384 e. The van der Waals surface area contributed by atoms with E-state index in [4.69, 9.17) is 5.11 Å². The number of aliphatic hydroxyl groups excluding tert-OH is 1. The van der Waals surface area contributed by atoms with Gasteiger partial charge in [0.2, 0.25) is 0 Å². The van der Waals surface area contributed by atoms with Crippen LogP contribution in [-0.4, -0.2) is 18.8 Å². The molecule has 0 aliphatic carbocycles. The Hall–Kier alpha value is -2.24. The summed E-state index contributed by atoms with van der Waals surface area (Å²) in [5.74, 6) is 5.72. The number of benzene rings is 2. The monoisotopic (exact) mass is 265 g/mol. The van der Waals surface area contributed by atoms with Crippen molar-refractivity contribution < 1.29 is 5.11 Å². The summed E-state index contributed by atoms with van der Waals surface area (Å²) in [6.45, 7) is 2.80. The number of anilines is 1. The summed E-state index contributed by atoms with van der Waals surface area (Å²) in [5, 5.41) is 8.83. The van der Waals surface area contributed by atoms with Crippen LogP contribution in [0, 0.1) is 18.8 Å². The van der Waals surface area contributed by atoms with Gasteiger partial charge in [-0.2, -0.15) is 0 Å². The first-order valence-corrected chi connectivity index (χ1v) is 6.67. The van der Waals surface area contributed by atoms with Gasteiger partial charge in [-0.15, -0.1) is 0 Å². The van der Waals surface area contributed by atoms with Gasteiger partial charge in [-0.1, -0.05) is 48.2 Å². The number of aliphatic hydroxyl groups is 1. The number of para-hydroxylation sites is 1. The number of rotatable bonds is 3. The van der Waals surface area contributed by atoms with Crippen molar-refractivity contribution in [1.29, 1.82) is 0 Å². The highest BCUT2D eigenvalue weighted by atomic mass is 16.2. The molecule has 0 spiro atoms. The average molecular weight is 265 g/mol. The minimum atomic E-state index is -0.109. The smallest absolute Gasteiger partial charge is 0.104 e. The standard InChI is InChI=1S/C18H19NO/c1-15-8-3-6-12-18(15)19(2)14-17-10-5-4-9-16(17)11-7-13-20/h3-6,8-10,12,20H,13-14H2,1-2H3. The van der Waals surface area contributed by atoms with Crippen LogP contribution in [0.1, 0.15) is 16.7 Å². The second-order valence-electron chi connectivity index (χ2n) is 4.76. The lowest BCUT2D eigenvalue weighted by atomic mass is 10.1. The molecule has 0 fully saturated rings. The molecular formula is C18H19NO. The average Bonchev–Trinajstić information content (AvgIpc) is 2.46. The van der Waals surface area contributed by atoms with Crippen molar-refractivity contribution in [3.63, 3.8) is 0 Å². The molecule has 0 aliphatic heterocycles. The van der Waals surface area contributed by atoms with Crippen molar-refractivity contribution in [3.05, 3.63) is 65.2 Å². The van der Waals surface area contributed by atoms with Gasteiger partial charge in [-0.25, -0.2) is 0 Å². The van der Waals surface area contributed by atoms with E-state index in [-0.39, 0.29) is 6.61 Å². The van der Waals surface area contributed by atoms with Gasteiger partial charge in [-0.05, 0) is 30.2 Å². The summed E-state index contributed by atoms with van der Waals surface area (Å²) in [6.07, 6.45) is 0. The van der Waals surface area contributed by atoms with Crippen LogP contribution in [-0.2, 0) is 6.54 Å². The lowest BCUT2D eigenvalue weighted by molar-refractivity contribution is 0.350. The normalized spacial score (nSPS) is 9.75. The van der Waals surface area contributed by atoms with Gasteiger partial charge in [0, 0.05) is 24.8 Å². The van der Waals surface area contributed by atoms with E-state index in [1.165, 1.54) is 16.8 Å². The van der Waals surface area contributed by atoms with Gasteiger partial charge in [0.25, 0.3) is 0 Å². The molecule has 0 aromatic heterocycles. The first kappa shape index (κ1) is 14.2. The number of aryl methyl sites for hydroxylation is 1. The molecule has 2 nitrogen and oxygen atoms in total. The molecule has 102 valence electrons. The molecule has 2 heteroatoms. The maximum Gasteiger partial charge on any atom is 0.104 e. The van der Waals surface area contributed by atoms with Gasteiger partial charge in [0.05, 0.1) is 0 Å². The molecule has 0 radical (unpaired) electrons. The van der Waals surface area contributed by atoms with E-state index in [9.17, 15) is 0 Å². The molecule has 0 atom stereocenters. The third kappa shape index (κ3) is 3.40. The predicted octanol–water partition coefficient (Wildman–Crippen LogP) is 2.98. The van der Waals surface area contributed by atoms with Crippen molar-refractivity contribution in [2.75, 3.05) is 18.6 Å². The van der Waals surface area contributed by atoms with E-state index in [0.717, 1.165) is 12.1 Å². The number of nitrogens with zero attached hydrogens (tertiary/aromatic N) is 1. The molecule has 0 unspecified atom stereocenters. The summed E-state index contributed by atoms with van der Waals surface area (Å²) in [4.78, 5) is 2.22. The highest BCUT2D eigenvalue weighted by molar-refractivity contribution is 5.53. The number of hydrogen-bond acceptors (Lipinski definition) is 2. The highest BCUT2D eigenvalue weighted by Gasteiger charge is 2.06. The molecule has 1 N–H and O–H groups in total. The number of hydrogen-bond donors (Lipinski definition) is 1. The highest BCUT2D eigenvalue weighted by Crippen LogP contribution is 2.20. The molecule has 2 aromatic carbocycles. The van der Waals surface area contributed by atoms with Crippen LogP contribution in [0.15, 0.2) is 48.5 Å². The summed E-state index contributed by atoms with van der Waals surface area (Å²) >= 11 is 0. The molecule has 0 saturated carbocycles. The van der Waals surface area contributed by atoms with Crippen LogP contribution in [0.3, 0.4) is 0 Å². The van der Waals surface area contributed by atoms with E-state index >= 15 is 0 Å². The Balaban J connectivity index is 2.24. The molecule has 0 aliphatic rings. The Bertz CT molecular complexity index is 637. The van der Waals surface area contributed by atoms with Gasteiger partial charge < -0.3 is 10.0 Å². The minimum Gasteiger partial charge on any atom is -0.384 e. The van der Waals surface area contributed by atoms with E-state index in [1.54, 1.807) is 0 Å². The van der Waals surface area contributed by atoms with E-state index in [0.29, 0.717) is 0 Å². The fraction of sp³-hybridized carbons (Fsp3) is 0.222. The maximum atomic E-state index is 8.83. The van der Waals surface area contributed by atoms with Crippen LogP contribution >= 0.6 is 0 Å². The lowest BCUT2D eigenvalue weighted by Crippen LogP contribution is -2.18. The summed E-state index contributed by atoms with van der Waals surface area (Å²) in [5.41, 5.74) is 4.62. The van der Waals surface area contributed by atoms with Crippen molar-refractivity contribution in [3.8, 4) is 11.8 Å². The fourth-order valence-corrected chi connectivity index (χ4v) is 2.25. The van der Waals surface area contributed by atoms with Gasteiger partial charge in [0.15, 0.2) is 0 Å². The maximum absolute atomic E-state index is 8.83. The van der Waals surface area contributed by atoms with Crippen molar-refractivity contribution in [2.24, 2.45) is 0 Å². The molecular weight excluding hydrogens is 246 g/mol. The summed E-state index contributed by atoms with van der Waals surface area (Å²) in [7, 11) is 2.08.